The number of rotatable bonds is 3. The van der Waals surface area contributed by atoms with E-state index in [9.17, 15) is 0 Å². The number of halogens is 2. The maximum Gasteiger partial charge on any atom is 0.158 e. The molecule has 2 atom stereocenters. The fourth-order valence-corrected chi connectivity index (χ4v) is 2.21. The third kappa shape index (κ3) is 2.89. The van der Waals surface area contributed by atoms with Gasteiger partial charge < -0.3 is 9.47 Å². The van der Waals surface area contributed by atoms with Crippen molar-refractivity contribution in [2.24, 2.45) is 5.92 Å². The van der Waals surface area contributed by atoms with Gasteiger partial charge in [0.1, 0.15) is 0 Å². The van der Waals surface area contributed by atoms with Crippen LogP contribution in [0.5, 0.6) is 0 Å². The predicted molar refractivity (Wildman–Crippen MR) is 64.8 cm³/mol. The SMILES string of the molecule is C[C@H]1COC(OCc2c(Cl)cccc2Cl)C1. The van der Waals surface area contributed by atoms with Gasteiger partial charge in [-0.05, 0) is 18.1 Å². The van der Waals surface area contributed by atoms with Crippen LogP contribution in [0.4, 0.5) is 0 Å². The molecular formula is C12H14Cl2O2. The first kappa shape index (κ1) is 12.2. The van der Waals surface area contributed by atoms with Crippen LogP contribution < -0.4 is 0 Å². The number of ether oxygens (including phenoxy) is 2. The maximum atomic E-state index is 6.04. The molecule has 0 radical (unpaired) electrons. The second-order valence-corrected chi connectivity index (χ2v) is 4.93. The Morgan fingerprint density at radius 1 is 1.38 bits per heavy atom. The summed E-state index contributed by atoms with van der Waals surface area (Å²) in [5.41, 5.74) is 0.828. The van der Waals surface area contributed by atoms with Gasteiger partial charge in [0.2, 0.25) is 0 Å². The summed E-state index contributed by atoms with van der Waals surface area (Å²) < 4.78 is 11.1. The van der Waals surface area contributed by atoms with E-state index >= 15 is 0 Å². The first-order chi connectivity index (χ1) is 7.66. The Kier molecular flexibility index (Phi) is 4.09. The molecule has 1 unspecified atom stereocenters. The van der Waals surface area contributed by atoms with Gasteiger partial charge >= 0.3 is 0 Å². The van der Waals surface area contributed by atoms with Crippen molar-refractivity contribution in [1.82, 2.24) is 0 Å². The molecular weight excluding hydrogens is 247 g/mol. The molecule has 1 fully saturated rings. The summed E-state index contributed by atoms with van der Waals surface area (Å²) in [7, 11) is 0. The van der Waals surface area contributed by atoms with Gasteiger partial charge in [0.15, 0.2) is 6.29 Å². The lowest BCUT2D eigenvalue weighted by atomic mass is 10.1. The average molecular weight is 261 g/mol. The summed E-state index contributed by atoms with van der Waals surface area (Å²) in [6, 6.07) is 5.44. The lowest BCUT2D eigenvalue weighted by Gasteiger charge is -2.12. The van der Waals surface area contributed by atoms with Gasteiger partial charge in [-0.2, -0.15) is 0 Å². The predicted octanol–water partition coefficient (Wildman–Crippen LogP) is 3.89. The molecule has 1 aromatic rings. The zero-order valence-electron chi connectivity index (χ0n) is 9.08. The Morgan fingerprint density at radius 3 is 2.62 bits per heavy atom. The Morgan fingerprint density at radius 2 is 2.06 bits per heavy atom. The van der Waals surface area contributed by atoms with E-state index < -0.39 is 0 Å². The largest absolute Gasteiger partial charge is 0.352 e. The molecule has 16 heavy (non-hydrogen) atoms. The van der Waals surface area contributed by atoms with Crippen molar-refractivity contribution in [3.05, 3.63) is 33.8 Å². The highest BCUT2D eigenvalue weighted by Crippen LogP contribution is 2.27. The molecule has 1 heterocycles. The molecule has 0 N–H and O–H groups in total. The topological polar surface area (TPSA) is 18.5 Å². The third-order valence-electron chi connectivity index (χ3n) is 2.64. The first-order valence-electron chi connectivity index (χ1n) is 5.33. The fourth-order valence-electron chi connectivity index (χ4n) is 1.70. The van der Waals surface area contributed by atoms with E-state index in [1.807, 2.05) is 18.2 Å². The van der Waals surface area contributed by atoms with Crippen LogP contribution in [-0.4, -0.2) is 12.9 Å². The molecule has 0 aromatic heterocycles. The standard InChI is InChI=1S/C12H14Cl2O2/c1-8-5-12(15-6-8)16-7-9-10(13)3-2-4-11(9)14/h2-4,8,12H,5-7H2,1H3/t8-,12?/m1/s1. The molecule has 0 amide bonds. The number of hydrogen-bond acceptors (Lipinski definition) is 2. The van der Waals surface area contributed by atoms with Gasteiger partial charge in [-0.3, -0.25) is 0 Å². The van der Waals surface area contributed by atoms with Gasteiger partial charge in [-0.15, -0.1) is 0 Å². The van der Waals surface area contributed by atoms with E-state index in [0.29, 0.717) is 22.6 Å². The Hall–Kier alpha value is -0.280. The summed E-state index contributed by atoms with van der Waals surface area (Å²) >= 11 is 12.1. The smallest absolute Gasteiger partial charge is 0.158 e. The number of hydrogen-bond donors (Lipinski definition) is 0. The van der Waals surface area contributed by atoms with Crippen molar-refractivity contribution in [2.75, 3.05) is 6.61 Å². The molecule has 0 aliphatic carbocycles. The molecule has 4 heteroatoms. The van der Waals surface area contributed by atoms with Crippen LogP contribution in [0.2, 0.25) is 10.0 Å². The van der Waals surface area contributed by atoms with Crippen molar-refractivity contribution in [3.63, 3.8) is 0 Å². The maximum absolute atomic E-state index is 6.04. The van der Waals surface area contributed by atoms with Crippen LogP contribution in [-0.2, 0) is 16.1 Å². The van der Waals surface area contributed by atoms with Gasteiger partial charge in [-0.1, -0.05) is 36.2 Å². The zero-order chi connectivity index (χ0) is 11.5. The second-order valence-electron chi connectivity index (χ2n) is 4.11. The summed E-state index contributed by atoms with van der Waals surface area (Å²) in [5.74, 6) is 0.562. The van der Waals surface area contributed by atoms with Crippen molar-refractivity contribution < 1.29 is 9.47 Å². The minimum atomic E-state index is -0.123. The average Bonchev–Trinajstić information content (AvgIpc) is 2.63. The molecule has 2 nitrogen and oxygen atoms in total. The van der Waals surface area contributed by atoms with E-state index in [-0.39, 0.29) is 6.29 Å². The second kappa shape index (κ2) is 5.37. The molecule has 1 aliphatic rings. The minimum absolute atomic E-state index is 0.123. The molecule has 1 saturated heterocycles. The summed E-state index contributed by atoms with van der Waals surface area (Å²) in [5, 5.41) is 1.28. The van der Waals surface area contributed by atoms with E-state index in [1.165, 1.54) is 0 Å². The zero-order valence-corrected chi connectivity index (χ0v) is 10.6. The van der Waals surface area contributed by atoms with Crippen LogP contribution in [0.3, 0.4) is 0 Å². The lowest BCUT2D eigenvalue weighted by Crippen LogP contribution is -2.10. The van der Waals surface area contributed by atoms with Crippen LogP contribution in [0.25, 0.3) is 0 Å². The molecule has 88 valence electrons. The Balaban J connectivity index is 1.94. The molecule has 0 spiro atoms. The van der Waals surface area contributed by atoms with Crippen molar-refractivity contribution >= 4 is 23.2 Å². The molecule has 1 aromatic carbocycles. The highest BCUT2D eigenvalue weighted by molar-refractivity contribution is 6.35. The highest BCUT2D eigenvalue weighted by atomic mass is 35.5. The minimum Gasteiger partial charge on any atom is -0.352 e. The normalized spacial score (nSPS) is 24.9. The van der Waals surface area contributed by atoms with Gasteiger partial charge in [0.25, 0.3) is 0 Å². The lowest BCUT2D eigenvalue weighted by molar-refractivity contribution is -0.118. The van der Waals surface area contributed by atoms with Crippen LogP contribution in [0.15, 0.2) is 18.2 Å². The summed E-state index contributed by atoms with van der Waals surface area (Å²) in [6.07, 6.45) is 0.810. The molecule has 0 saturated carbocycles. The highest BCUT2D eigenvalue weighted by Gasteiger charge is 2.22. The van der Waals surface area contributed by atoms with Crippen molar-refractivity contribution in [3.8, 4) is 0 Å². The van der Waals surface area contributed by atoms with Crippen LogP contribution in [0, 0.1) is 5.92 Å². The Labute approximate surface area is 105 Å². The Bertz CT molecular complexity index is 348. The van der Waals surface area contributed by atoms with E-state index in [4.69, 9.17) is 32.7 Å². The quantitative estimate of drug-likeness (QED) is 0.821. The third-order valence-corrected chi connectivity index (χ3v) is 3.34. The van der Waals surface area contributed by atoms with Crippen molar-refractivity contribution in [1.29, 1.82) is 0 Å². The summed E-state index contributed by atoms with van der Waals surface area (Å²) in [6.45, 7) is 3.31. The molecule has 2 rings (SSSR count). The monoisotopic (exact) mass is 260 g/mol. The van der Waals surface area contributed by atoms with Crippen LogP contribution in [0.1, 0.15) is 18.9 Å². The first-order valence-corrected chi connectivity index (χ1v) is 6.08. The van der Waals surface area contributed by atoms with E-state index in [1.54, 1.807) is 0 Å². The van der Waals surface area contributed by atoms with Gasteiger partial charge in [-0.25, -0.2) is 0 Å². The summed E-state index contributed by atoms with van der Waals surface area (Å²) in [4.78, 5) is 0. The van der Waals surface area contributed by atoms with Gasteiger partial charge in [0, 0.05) is 22.0 Å². The molecule has 1 aliphatic heterocycles. The van der Waals surface area contributed by atoms with E-state index in [0.717, 1.165) is 18.6 Å². The molecule has 0 bridgehead atoms. The van der Waals surface area contributed by atoms with Crippen molar-refractivity contribution in [2.45, 2.75) is 26.2 Å². The number of benzene rings is 1. The van der Waals surface area contributed by atoms with Gasteiger partial charge in [0.05, 0.1) is 13.2 Å². The van der Waals surface area contributed by atoms with E-state index in [2.05, 4.69) is 6.92 Å². The van der Waals surface area contributed by atoms with Crippen LogP contribution >= 0.6 is 23.2 Å². The fraction of sp³-hybridized carbons (Fsp3) is 0.500.